The molecule has 0 radical (unpaired) electrons. The van der Waals surface area contributed by atoms with Crippen molar-refractivity contribution < 1.29 is 14.3 Å². The lowest BCUT2D eigenvalue weighted by atomic mass is 10.1. The van der Waals surface area contributed by atoms with E-state index in [2.05, 4.69) is 0 Å². The predicted molar refractivity (Wildman–Crippen MR) is 64.3 cm³/mol. The minimum atomic E-state index is -0.597. The fraction of sp³-hybridized carbons (Fsp3) is 0.417. The molecule has 0 amide bonds. The molecular weight excluding hydrogens is 245 g/mol. The van der Waals surface area contributed by atoms with Gasteiger partial charge in [0, 0.05) is 18.8 Å². The Balaban J connectivity index is 2.47. The second-order valence-electron chi connectivity index (χ2n) is 4.20. The summed E-state index contributed by atoms with van der Waals surface area (Å²) in [5.41, 5.74) is 0.793. The molecule has 1 aromatic rings. The third-order valence-corrected chi connectivity index (χ3v) is 3.30. The van der Waals surface area contributed by atoms with Crippen molar-refractivity contribution in [1.29, 1.82) is 0 Å². The largest absolute Gasteiger partial charge is 0.391 e. The number of ketones is 1. The fourth-order valence-corrected chi connectivity index (χ4v) is 2.39. The number of β-amino-alcohol motifs (C(OH)–C–C–N with tert-alkyl or cyclic N) is 1. The molecule has 1 N–H and O–H groups in total. The lowest BCUT2D eigenvalue weighted by molar-refractivity contribution is 0.101. The number of hydrogen-bond acceptors (Lipinski definition) is 3. The highest BCUT2D eigenvalue weighted by Crippen LogP contribution is 2.32. The summed E-state index contributed by atoms with van der Waals surface area (Å²) in [6, 6.07) is 2.78. The number of hydrogen-bond donors (Lipinski definition) is 1. The van der Waals surface area contributed by atoms with E-state index < -0.39 is 11.9 Å². The molecule has 1 aliphatic rings. The number of halogens is 2. The number of aliphatic hydroxyl groups excluding tert-OH is 1. The number of anilines is 1. The molecule has 0 unspecified atom stereocenters. The average molecular weight is 258 g/mol. The van der Waals surface area contributed by atoms with Crippen LogP contribution in [0.1, 0.15) is 23.7 Å². The highest BCUT2D eigenvalue weighted by molar-refractivity contribution is 6.34. The van der Waals surface area contributed by atoms with Gasteiger partial charge in [0.25, 0.3) is 0 Å². The SMILES string of the molecule is CC(=O)c1c(N2CC[C@H](O)C2)ccc(F)c1Cl. The lowest BCUT2D eigenvalue weighted by Crippen LogP contribution is -2.23. The zero-order valence-corrected chi connectivity index (χ0v) is 10.2. The molecule has 1 atom stereocenters. The van der Waals surface area contributed by atoms with Gasteiger partial charge in [0.15, 0.2) is 5.78 Å². The van der Waals surface area contributed by atoms with Crippen molar-refractivity contribution in [2.75, 3.05) is 18.0 Å². The molecule has 0 aromatic heterocycles. The Morgan fingerprint density at radius 3 is 2.82 bits per heavy atom. The van der Waals surface area contributed by atoms with Crippen LogP contribution in [-0.2, 0) is 0 Å². The molecule has 92 valence electrons. The predicted octanol–water partition coefficient (Wildman–Crippen LogP) is 2.25. The fourth-order valence-electron chi connectivity index (χ4n) is 2.10. The van der Waals surface area contributed by atoms with Gasteiger partial charge in [-0.05, 0) is 25.5 Å². The van der Waals surface area contributed by atoms with E-state index in [0.29, 0.717) is 25.2 Å². The van der Waals surface area contributed by atoms with E-state index >= 15 is 0 Å². The number of aliphatic hydroxyl groups is 1. The second kappa shape index (κ2) is 4.63. The highest BCUT2D eigenvalue weighted by Gasteiger charge is 2.25. The Bertz CT molecular complexity index is 464. The first-order valence-corrected chi connectivity index (χ1v) is 5.80. The monoisotopic (exact) mass is 257 g/mol. The van der Waals surface area contributed by atoms with Crippen LogP contribution in [0.3, 0.4) is 0 Å². The maximum Gasteiger partial charge on any atom is 0.163 e. The van der Waals surface area contributed by atoms with Crippen LogP contribution in [0.2, 0.25) is 5.02 Å². The molecule has 0 spiro atoms. The Morgan fingerprint density at radius 2 is 2.29 bits per heavy atom. The Labute approximate surface area is 104 Å². The van der Waals surface area contributed by atoms with Gasteiger partial charge in [0.2, 0.25) is 0 Å². The molecule has 1 saturated heterocycles. The summed E-state index contributed by atoms with van der Waals surface area (Å²) in [5, 5.41) is 9.34. The summed E-state index contributed by atoms with van der Waals surface area (Å²) < 4.78 is 13.3. The van der Waals surface area contributed by atoms with E-state index in [9.17, 15) is 14.3 Å². The van der Waals surface area contributed by atoms with Crippen LogP contribution in [0.15, 0.2) is 12.1 Å². The van der Waals surface area contributed by atoms with E-state index in [1.807, 2.05) is 4.90 Å². The van der Waals surface area contributed by atoms with E-state index in [0.717, 1.165) is 0 Å². The molecule has 1 aromatic carbocycles. The lowest BCUT2D eigenvalue weighted by Gasteiger charge is -2.21. The molecule has 1 fully saturated rings. The number of benzene rings is 1. The molecule has 1 aliphatic heterocycles. The summed E-state index contributed by atoms with van der Waals surface area (Å²) in [5.74, 6) is -0.869. The van der Waals surface area contributed by atoms with Gasteiger partial charge in [0.1, 0.15) is 5.82 Å². The summed E-state index contributed by atoms with van der Waals surface area (Å²) in [6.07, 6.45) is 0.241. The molecule has 0 aliphatic carbocycles. The van der Waals surface area contributed by atoms with Crippen molar-refractivity contribution in [1.82, 2.24) is 0 Å². The van der Waals surface area contributed by atoms with E-state index in [1.165, 1.54) is 19.1 Å². The summed E-state index contributed by atoms with van der Waals surface area (Å²) in [4.78, 5) is 13.4. The Morgan fingerprint density at radius 1 is 1.59 bits per heavy atom. The van der Waals surface area contributed by atoms with Crippen molar-refractivity contribution in [3.8, 4) is 0 Å². The topological polar surface area (TPSA) is 40.5 Å². The minimum absolute atomic E-state index is 0.142. The molecule has 17 heavy (non-hydrogen) atoms. The smallest absolute Gasteiger partial charge is 0.163 e. The zero-order valence-electron chi connectivity index (χ0n) is 9.41. The zero-order chi connectivity index (χ0) is 12.6. The first kappa shape index (κ1) is 12.3. The van der Waals surface area contributed by atoms with Crippen molar-refractivity contribution >= 4 is 23.1 Å². The molecule has 0 bridgehead atoms. The minimum Gasteiger partial charge on any atom is -0.391 e. The molecular formula is C12H13ClFNO2. The molecule has 1 heterocycles. The van der Waals surface area contributed by atoms with Crippen LogP contribution in [0.4, 0.5) is 10.1 Å². The van der Waals surface area contributed by atoms with Gasteiger partial charge in [-0.1, -0.05) is 11.6 Å². The Kier molecular flexibility index (Phi) is 3.35. The van der Waals surface area contributed by atoms with Gasteiger partial charge in [-0.2, -0.15) is 0 Å². The van der Waals surface area contributed by atoms with Crippen LogP contribution in [0, 0.1) is 5.82 Å². The van der Waals surface area contributed by atoms with Crippen LogP contribution < -0.4 is 4.90 Å². The van der Waals surface area contributed by atoms with Gasteiger partial charge >= 0.3 is 0 Å². The van der Waals surface area contributed by atoms with Gasteiger partial charge in [-0.15, -0.1) is 0 Å². The molecule has 5 heteroatoms. The van der Waals surface area contributed by atoms with Crippen LogP contribution in [0.5, 0.6) is 0 Å². The van der Waals surface area contributed by atoms with Gasteiger partial charge in [-0.3, -0.25) is 4.79 Å². The number of nitrogens with zero attached hydrogens (tertiary/aromatic N) is 1. The van der Waals surface area contributed by atoms with Gasteiger partial charge in [0.05, 0.1) is 16.7 Å². The van der Waals surface area contributed by atoms with E-state index in [1.54, 1.807) is 0 Å². The maximum absolute atomic E-state index is 13.3. The second-order valence-corrected chi connectivity index (χ2v) is 4.58. The third-order valence-electron chi connectivity index (χ3n) is 2.93. The average Bonchev–Trinajstić information content (AvgIpc) is 2.68. The summed E-state index contributed by atoms with van der Waals surface area (Å²) in [7, 11) is 0. The molecule has 0 saturated carbocycles. The van der Waals surface area contributed by atoms with Crippen molar-refractivity contribution in [2.45, 2.75) is 19.4 Å². The van der Waals surface area contributed by atoms with Crippen molar-refractivity contribution in [3.05, 3.63) is 28.5 Å². The van der Waals surface area contributed by atoms with Crippen LogP contribution in [0.25, 0.3) is 0 Å². The summed E-state index contributed by atoms with van der Waals surface area (Å²) in [6.45, 7) is 2.45. The van der Waals surface area contributed by atoms with E-state index in [4.69, 9.17) is 11.6 Å². The number of rotatable bonds is 2. The highest BCUT2D eigenvalue weighted by atomic mass is 35.5. The van der Waals surface area contributed by atoms with Gasteiger partial charge < -0.3 is 10.0 Å². The number of Topliss-reactive ketones (excluding diaryl/α,β-unsaturated/α-hetero) is 1. The Hall–Kier alpha value is -1.13. The normalized spacial score (nSPS) is 19.8. The van der Waals surface area contributed by atoms with Crippen molar-refractivity contribution in [3.63, 3.8) is 0 Å². The maximum atomic E-state index is 13.3. The van der Waals surface area contributed by atoms with Gasteiger partial charge in [-0.25, -0.2) is 4.39 Å². The first-order chi connectivity index (χ1) is 8.00. The van der Waals surface area contributed by atoms with Crippen LogP contribution >= 0.6 is 11.6 Å². The standard InChI is InChI=1S/C12H13ClFNO2/c1-7(16)11-10(3-2-9(14)12(11)13)15-5-4-8(17)6-15/h2-3,8,17H,4-6H2,1H3/t8-/m0/s1. The molecule has 2 rings (SSSR count). The molecule has 3 nitrogen and oxygen atoms in total. The quantitative estimate of drug-likeness (QED) is 0.826. The number of carbonyl (C=O) groups is 1. The van der Waals surface area contributed by atoms with Crippen molar-refractivity contribution in [2.24, 2.45) is 0 Å². The number of carbonyl (C=O) groups excluding carboxylic acids is 1. The van der Waals surface area contributed by atoms with E-state index in [-0.39, 0.29) is 16.4 Å². The van der Waals surface area contributed by atoms with Crippen LogP contribution in [-0.4, -0.2) is 30.1 Å². The third kappa shape index (κ3) is 2.28. The summed E-state index contributed by atoms with van der Waals surface area (Å²) >= 11 is 5.82. The first-order valence-electron chi connectivity index (χ1n) is 5.42.